The van der Waals surface area contributed by atoms with Gasteiger partial charge in [-0.25, -0.2) is 0 Å². The van der Waals surface area contributed by atoms with Crippen LogP contribution in [0, 0.1) is 5.92 Å². The number of ether oxygens (including phenoxy) is 1. The van der Waals surface area contributed by atoms with Gasteiger partial charge in [-0.05, 0) is 24.1 Å². The van der Waals surface area contributed by atoms with Crippen molar-refractivity contribution in [2.24, 2.45) is 5.92 Å². The van der Waals surface area contributed by atoms with Gasteiger partial charge >= 0.3 is 5.97 Å². The van der Waals surface area contributed by atoms with E-state index in [1.807, 2.05) is 91.9 Å². The molecule has 1 saturated heterocycles. The van der Waals surface area contributed by atoms with Crippen LogP contribution in [-0.4, -0.2) is 40.3 Å². The van der Waals surface area contributed by atoms with Crippen molar-refractivity contribution < 1.29 is 19.1 Å². The molecule has 1 aliphatic rings. The molecule has 3 aromatic carbocycles. The smallest absolute Gasteiger partial charge is 0.311 e. The van der Waals surface area contributed by atoms with Crippen molar-refractivity contribution in [3.8, 4) is 11.3 Å². The van der Waals surface area contributed by atoms with E-state index in [1.165, 1.54) is 0 Å². The van der Waals surface area contributed by atoms with Crippen molar-refractivity contribution in [3.05, 3.63) is 96.1 Å². The van der Waals surface area contributed by atoms with Gasteiger partial charge in [-0.2, -0.15) is 0 Å². The van der Waals surface area contributed by atoms with Gasteiger partial charge in [0, 0.05) is 37.0 Å². The Morgan fingerprint density at radius 3 is 2.31 bits per heavy atom. The SMILES string of the molecule is CCn1c(-c2ccccc2)c(C(=O)COC(=O)[C@H]2CC(=O)N(Cc3ccccc3)C2)c2ccccc21. The lowest BCUT2D eigenvalue weighted by atomic mass is 10.0. The van der Waals surface area contributed by atoms with Gasteiger partial charge in [0.05, 0.1) is 17.2 Å². The molecule has 0 radical (unpaired) electrons. The molecule has 1 aliphatic heterocycles. The number of rotatable bonds is 8. The number of nitrogens with zero attached hydrogens (tertiary/aromatic N) is 2. The van der Waals surface area contributed by atoms with Crippen LogP contribution in [0.25, 0.3) is 22.2 Å². The van der Waals surface area contributed by atoms with Crippen LogP contribution in [0.2, 0.25) is 0 Å². The van der Waals surface area contributed by atoms with E-state index in [2.05, 4.69) is 4.57 Å². The molecule has 1 atom stereocenters. The van der Waals surface area contributed by atoms with Gasteiger partial charge in [-0.1, -0.05) is 78.9 Å². The molecule has 0 unspecified atom stereocenters. The van der Waals surface area contributed by atoms with E-state index in [0.29, 0.717) is 25.2 Å². The molecule has 2 heterocycles. The zero-order valence-corrected chi connectivity index (χ0v) is 20.2. The second-order valence-electron chi connectivity index (χ2n) is 9.04. The molecule has 36 heavy (non-hydrogen) atoms. The Bertz CT molecular complexity index is 1410. The highest BCUT2D eigenvalue weighted by molar-refractivity contribution is 6.14. The Balaban J connectivity index is 1.34. The van der Waals surface area contributed by atoms with Crippen molar-refractivity contribution in [2.75, 3.05) is 13.2 Å². The molecule has 6 heteroatoms. The average Bonchev–Trinajstić information content (AvgIpc) is 3.45. The first-order valence-electron chi connectivity index (χ1n) is 12.2. The quantitative estimate of drug-likeness (QED) is 0.260. The van der Waals surface area contributed by atoms with Gasteiger partial charge in [0.15, 0.2) is 6.61 Å². The zero-order chi connectivity index (χ0) is 25.1. The molecule has 1 amide bonds. The van der Waals surface area contributed by atoms with Gasteiger partial charge in [0.25, 0.3) is 0 Å². The molecule has 0 spiro atoms. The van der Waals surface area contributed by atoms with Crippen LogP contribution in [0.15, 0.2) is 84.9 Å². The topological polar surface area (TPSA) is 68.6 Å². The first kappa shape index (κ1) is 23.5. The fraction of sp³-hybridized carbons (Fsp3) is 0.233. The van der Waals surface area contributed by atoms with Gasteiger partial charge < -0.3 is 14.2 Å². The third-order valence-corrected chi connectivity index (χ3v) is 6.72. The number of ketones is 1. The molecule has 0 aliphatic carbocycles. The lowest BCUT2D eigenvalue weighted by molar-refractivity contribution is -0.147. The molecule has 1 fully saturated rings. The summed E-state index contributed by atoms with van der Waals surface area (Å²) in [5, 5.41) is 0.837. The van der Waals surface area contributed by atoms with Crippen molar-refractivity contribution >= 4 is 28.6 Å². The number of esters is 1. The van der Waals surface area contributed by atoms with E-state index in [9.17, 15) is 14.4 Å². The van der Waals surface area contributed by atoms with Gasteiger partial charge in [-0.3, -0.25) is 14.4 Å². The number of benzene rings is 3. The summed E-state index contributed by atoms with van der Waals surface area (Å²) >= 11 is 0. The van der Waals surface area contributed by atoms with Crippen LogP contribution in [0.5, 0.6) is 0 Å². The Hall–Kier alpha value is -4.19. The normalized spacial score (nSPS) is 15.4. The number of fused-ring (bicyclic) bond motifs is 1. The monoisotopic (exact) mass is 480 g/mol. The Morgan fingerprint density at radius 1 is 0.917 bits per heavy atom. The zero-order valence-electron chi connectivity index (χ0n) is 20.2. The number of likely N-dealkylation sites (tertiary alicyclic amines) is 1. The standard InChI is InChI=1S/C30H28N2O4/c1-2-32-25-16-10-9-15-24(25)28(29(32)22-13-7-4-8-14-22)26(33)20-36-30(35)23-17-27(34)31(19-23)18-21-11-5-3-6-12-21/h3-16,23H,2,17-20H2,1H3/t23-/m0/s1. The van der Waals surface area contributed by atoms with Crippen LogP contribution >= 0.6 is 0 Å². The van der Waals surface area contributed by atoms with E-state index in [1.54, 1.807) is 4.90 Å². The first-order chi connectivity index (χ1) is 17.6. The molecule has 1 aromatic heterocycles. The molecule has 0 N–H and O–H groups in total. The van der Waals surface area contributed by atoms with Crippen molar-refractivity contribution in [1.82, 2.24) is 9.47 Å². The number of hydrogen-bond donors (Lipinski definition) is 0. The van der Waals surface area contributed by atoms with Crippen LogP contribution < -0.4 is 0 Å². The molecule has 0 saturated carbocycles. The van der Waals surface area contributed by atoms with Crippen LogP contribution in [0.3, 0.4) is 0 Å². The van der Waals surface area contributed by atoms with E-state index >= 15 is 0 Å². The fourth-order valence-corrected chi connectivity index (χ4v) is 5.02. The summed E-state index contributed by atoms with van der Waals surface area (Å²) in [5.74, 6) is -1.41. The van der Waals surface area contributed by atoms with Crippen molar-refractivity contribution in [1.29, 1.82) is 0 Å². The van der Waals surface area contributed by atoms with E-state index in [0.717, 1.165) is 27.7 Å². The summed E-state index contributed by atoms with van der Waals surface area (Å²) < 4.78 is 7.62. The Kier molecular flexibility index (Phi) is 6.67. The summed E-state index contributed by atoms with van der Waals surface area (Å²) in [4.78, 5) is 40.5. The number of amides is 1. The van der Waals surface area contributed by atoms with Gasteiger partial charge in [0.2, 0.25) is 11.7 Å². The first-order valence-corrected chi connectivity index (χ1v) is 12.2. The maximum atomic E-state index is 13.5. The van der Waals surface area contributed by atoms with Gasteiger partial charge in [0.1, 0.15) is 0 Å². The summed E-state index contributed by atoms with van der Waals surface area (Å²) in [5.41, 5.74) is 4.29. The molecular weight excluding hydrogens is 452 g/mol. The third kappa shape index (κ3) is 4.54. The van der Waals surface area contributed by atoms with Crippen LogP contribution in [0.4, 0.5) is 0 Å². The lowest BCUT2D eigenvalue weighted by Crippen LogP contribution is -2.27. The summed E-state index contributed by atoms with van der Waals surface area (Å²) in [7, 11) is 0. The molecule has 6 nitrogen and oxygen atoms in total. The molecule has 0 bridgehead atoms. The van der Waals surface area contributed by atoms with E-state index < -0.39 is 11.9 Å². The predicted molar refractivity (Wildman–Crippen MR) is 138 cm³/mol. The van der Waals surface area contributed by atoms with Crippen molar-refractivity contribution in [2.45, 2.75) is 26.4 Å². The Morgan fingerprint density at radius 2 is 1.58 bits per heavy atom. The third-order valence-electron chi connectivity index (χ3n) is 6.72. The number of hydrogen-bond acceptors (Lipinski definition) is 4. The average molecular weight is 481 g/mol. The number of Topliss-reactive ketones (excluding diaryl/α,β-unsaturated/α-hetero) is 1. The number of carbonyl (C=O) groups excluding carboxylic acids is 3. The molecule has 182 valence electrons. The highest BCUT2D eigenvalue weighted by atomic mass is 16.5. The van der Waals surface area contributed by atoms with E-state index in [-0.39, 0.29) is 24.7 Å². The Labute approximate surface area is 210 Å². The second kappa shape index (κ2) is 10.2. The van der Waals surface area contributed by atoms with E-state index in [4.69, 9.17) is 4.74 Å². The number of carbonyl (C=O) groups is 3. The van der Waals surface area contributed by atoms with Gasteiger partial charge in [-0.15, -0.1) is 0 Å². The molecule has 4 aromatic rings. The summed E-state index contributed by atoms with van der Waals surface area (Å²) in [6.45, 7) is 3.13. The maximum Gasteiger partial charge on any atom is 0.311 e. The second-order valence-corrected chi connectivity index (χ2v) is 9.04. The van der Waals surface area contributed by atoms with Crippen LogP contribution in [-0.2, 0) is 27.4 Å². The minimum atomic E-state index is -0.570. The van der Waals surface area contributed by atoms with Crippen LogP contribution in [0.1, 0.15) is 29.3 Å². The minimum Gasteiger partial charge on any atom is -0.457 e. The van der Waals surface area contributed by atoms with Crippen molar-refractivity contribution in [3.63, 3.8) is 0 Å². The number of para-hydroxylation sites is 1. The summed E-state index contributed by atoms with van der Waals surface area (Å²) in [6, 6.07) is 27.3. The highest BCUT2D eigenvalue weighted by Crippen LogP contribution is 2.34. The largest absolute Gasteiger partial charge is 0.457 e. The number of aromatic nitrogens is 1. The highest BCUT2D eigenvalue weighted by Gasteiger charge is 2.36. The fourth-order valence-electron chi connectivity index (χ4n) is 5.02. The predicted octanol–water partition coefficient (Wildman–Crippen LogP) is 5.10. The molecule has 5 rings (SSSR count). The number of aryl methyl sites for hydroxylation is 1. The maximum absolute atomic E-state index is 13.5. The molecular formula is C30H28N2O4. The minimum absolute atomic E-state index is 0.0792. The summed E-state index contributed by atoms with van der Waals surface area (Å²) in [6.07, 6.45) is 0.101. The lowest BCUT2D eigenvalue weighted by Gasteiger charge is -2.16.